The first-order valence-corrected chi connectivity index (χ1v) is 5.17. The van der Waals surface area contributed by atoms with Crippen LogP contribution in [0.2, 0.25) is 0 Å². The molecule has 0 aliphatic carbocycles. The summed E-state index contributed by atoms with van der Waals surface area (Å²) in [5.41, 5.74) is -0.383. The van der Waals surface area contributed by atoms with E-state index in [9.17, 15) is 4.79 Å². The van der Waals surface area contributed by atoms with Gasteiger partial charge in [0.25, 0.3) is 0 Å². The van der Waals surface area contributed by atoms with Gasteiger partial charge in [0.2, 0.25) is 0 Å². The molecule has 2 atom stereocenters. The molecule has 0 aromatic heterocycles. The first-order chi connectivity index (χ1) is 6.46. The van der Waals surface area contributed by atoms with Crippen molar-refractivity contribution < 1.29 is 9.53 Å². The van der Waals surface area contributed by atoms with Gasteiger partial charge in [0, 0.05) is 31.6 Å². The second-order valence-corrected chi connectivity index (χ2v) is 5.16. The van der Waals surface area contributed by atoms with Crippen LogP contribution in [-0.4, -0.2) is 42.3 Å². The number of carbonyl (C=O) groups is 1. The predicted octanol–water partition coefficient (Wildman–Crippen LogP) is 0.825. The molecule has 2 rings (SSSR count). The average Bonchev–Trinajstić information content (AvgIpc) is 2.24. The molecule has 2 fully saturated rings. The van der Waals surface area contributed by atoms with Crippen LogP contribution in [-0.2, 0) is 4.74 Å². The van der Waals surface area contributed by atoms with Gasteiger partial charge < -0.3 is 15.0 Å². The summed E-state index contributed by atoms with van der Waals surface area (Å²) in [4.78, 5) is 13.5. The monoisotopic (exact) mass is 198 g/mol. The minimum Gasteiger partial charge on any atom is -0.444 e. The summed E-state index contributed by atoms with van der Waals surface area (Å²) < 4.78 is 5.31. The standard InChI is InChI=1S/C10H18N2O2/c1-10(2,3)14-9(13)12-5-7-4-11-8(7)6-12/h7-8,11H,4-6H2,1-3H3. The van der Waals surface area contributed by atoms with E-state index in [-0.39, 0.29) is 11.7 Å². The summed E-state index contributed by atoms with van der Waals surface area (Å²) in [5.74, 6) is 0.655. The molecular formula is C10H18N2O2. The molecule has 0 aromatic rings. The number of carbonyl (C=O) groups excluding carboxylic acids is 1. The van der Waals surface area contributed by atoms with Crippen molar-refractivity contribution in [3.05, 3.63) is 0 Å². The highest BCUT2D eigenvalue weighted by Crippen LogP contribution is 2.24. The predicted molar refractivity (Wildman–Crippen MR) is 53.1 cm³/mol. The average molecular weight is 198 g/mol. The first kappa shape index (κ1) is 9.77. The van der Waals surface area contributed by atoms with Crippen LogP contribution in [0.4, 0.5) is 4.79 Å². The number of fused-ring (bicyclic) bond motifs is 1. The fourth-order valence-corrected chi connectivity index (χ4v) is 1.93. The highest BCUT2D eigenvalue weighted by atomic mass is 16.6. The topological polar surface area (TPSA) is 41.6 Å². The summed E-state index contributed by atoms with van der Waals surface area (Å²) in [6.07, 6.45) is -0.172. The minimum absolute atomic E-state index is 0.172. The molecule has 0 spiro atoms. The molecule has 1 amide bonds. The van der Waals surface area contributed by atoms with Gasteiger partial charge in [-0.3, -0.25) is 0 Å². The lowest BCUT2D eigenvalue weighted by atomic mass is 9.96. The zero-order valence-corrected chi connectivity index (χ0v) is 9.04. The van der Waals surface area contributed by atoms with E-state index in [1.165, 1.54) is 0 Å². The van der Waals surface area contributed by atoms with Gasteiger partial charge >= 0.3 is 6.09 Å². The molecule has 0 saturated carbocycles. The van der Waals surface area contributed by atoms with Crippen molar-refractivity contribution in [2.75, 3.05) is 19.6 Å². The van der Waals surface area contributed by atoms with Crippen molar-refractivity contribution in [3.8, 4) is 0 Å². The summed E-state index contributed by atoms with van der Waals surface area (Å²) in [6.45, 7) is 8.39. The maximum absolute atomic E-state index is 11.7. The smallest absolute Gasteiger partial charge is 0.410 e. The Morgan fingerprint density at radius 1 is 1.43 bits per heavy atom. The zero-order chi connectivity index (χ0) is 10.3. The van der Waals surface area contributed by atoms with E-state index in [0.29, 0.717) is 12.0 Å². The number of rotatable bonds is 0. The van der Waals surface area contributed by atoms with Crippen LogP contribution in [0.3, 0.4) is 0 Å². The Morgan fingerprint density at radius 3 is 2.50 bits per heavy atom. The number of amides is 1. The number of likely N-dealkylation sites (tertiary alicyclic amines) is 1. The number of hydrogen-bond donors (Lipinski definition) is 1. The van der Waals surface area contributed by atoms with Gasteiger partial charge in [-0.15, -0.1) is 0 Å². The van der Waals surface area contributed by atoms with Crippen LogP contribution in [0.1, 0.15) is 20.8 Å². The van der Waals surface area contributed by atoms with Crippen molar-refractivity contribution in [3.63, 3.8) is 0 Å². The summed E-state index contributed by atoms with van der Waals surface area (Å²) >= 11 is 0. The zero-order valence-electron chi connectivity index (χ0n) is 9.04. The number of hydrogen-bond acceptors (Lipinski definition) is 3. The van der Waals surface area contributed by atoms with E-state index < -0.39 is 0 Å². The van der Waals surface area contributed by atoms with E-state index in [1.807, 2.05) is 20.8 Å². The Balaban J connectivity index is 1.87. The van der Waals surface area contributed by atoms with Gasteiger partial charge in [-0.05, 0) is 20.8 Å². The Morgan fingerprint density at radius 2 is 2.14 bits per heavy atom. The second-order valence-electron chi connectivity index (χ2n) is 5.16. The van der Waals surface area contributed by atoms with Crippen LogP contribution in [0, 0.1) is 5.92 Å². The highest BCUT2D eigenvalue weighted by molar-refractivity contribution is 5.68. The third kappa shape index (κ3) is 1.85. The molecular weight excluding hydrogens is 180 g/mol. The van der Waals surface area contributed by atoms with Gasteiger partial charge in [0.15, 0.2) is 0 Å². The van der Waals surface area contributed by atoms with Crippen LogP contribution >= 0.6 is 0 Å². The first-order valence-electron chi connectivity index (χ1n) is 5.17. The second kappa shape index (κ2) is 3.12. The van der Waals surface area contributed by atoms with E-state index in [4.69, 9.17) is 4.74 Å². The number of nitrogens with zero attached hydrogens (tertiary/aromatic N) is 1. The molecule has 2 unspecified atom stereocenters. The molecule has 2 heterocycles. The quantitative estimate of drug-likeness (QED) is 0.626. The van der Waals surface area contributed by atoms with Crippen molar-refractivity contribution in [2.24, 2.45) is 5.92 Å². The highest BCUT2D eigenvalue weighted by Gasteiger charge is 2.41. The SMILES string of the molecule is CC(C)(C)OC(=O)N1CC2CNC2C1. The molecule has 4 heteroatoms. The van der Waals surface area contributed by atoms with E-state index in [1.54, 1.807) is 4.90 Å². The number of ether oxygens (including phenoxy) is 1. The van der Waals surface area contributed by atoms with Gasteiger partial charge in [0.05, 0.1) is 0 Å². The van der Waals surface area contributed by atoms with E-state index in [2.05, 4.69) is 5.32 Å². The Hall–Kier alpha value is -0.770. The van der Waals surface area contributed by atoms with Crippen LogP contribution in [0.25, 0.3) is 0 Å². The Labute approximate surface area is 84.6 Å². The lowest BCUT2D eigenvalue weighted by molar-refractivity contribution is 0.0290. The van der Waals surface area contributed by atoms with E-state index >= 15 is 0 Å². The molecule has 0 radical (unpaired) electrons. The molecule has 2 aliphatic heterocycles. The molecule has 80 valence electrons. The fourth-order valence-electron chi connectivity index (χ4n) is 1.93. The summed E-state index contributed by atoms with van der Waals surface area (Å²) in [5, 5.41) is 3.31. The third-order valence-corrected chi connectivity index (χ3v) is 2.73. The maximum Gasteiger partial charge on any atom is 0.410 e. The molecule has 4 nitrogen and oxygen atoms in total. The van der Waals surface area contributed by atoms with Gasteiger partial charge in [-0.1, -0.05) is 0 Å². The van der Waals surface area contributed by atoms with Crippen LogP contribution in [0.15, 0.2) is 0 Å². The van der Waals surface area contributed by atoms with Gasteiger partial charge in [-0.25, -0.2) is 4.79 Å². The van der Waals surface area contributed by atoms with E-state index in [0.717, 1.165) is 19.6 Å². The summed E-state index contributed by atoms with van der Waals surface area (Å²) in [6, 6.07) is 0.516. The molecule has 1 N–H and O–H groups in total. The lowest BCUT2D eigenvalue weighted by Crippen LogP contribution is -2.51. The van der Waals surface area contributed by atoms with Crippen LogP contribution < -0.4 is 5.32 Å². The Kier molecular flexibility index (Phi) is 2.18. The minimum atomic E-state index is -0.383. The van der Waals surface area contributed by atoms with Gasteiger partial charge in [-0.2, -0.15) is 0 Å². The van der Waals surface area contributed by atoms with Crippen molar-refractivity contribution in [1.82, 2.24) is 10.2 Å². The lowest BCUT2D eigenvalue weighted by Gasteiger charge is -2.29. The molecule has 0 aromatic carbocycles. The molecule has 14 heavy (non-hydrogen) atoms. The molecule has 2 aliphatic rings. The van der Waals surface area contributed by atoms with Crippen LogP contribution in [0.5, 0.6) is 0 Å². The van der Waals surface area contributed by atoms with Crippen molar-refractivity contribution in [2.45, 2.75) is 32.4 Å². The summed E-state index contributed by atoms with van der Waals surface area (Å²) in [7, 11) is 0. The van der Waals surface area contributed by atoms with Gasteiger partial charge in [0.1, 0.15) is 5.60 Å². The molecule has 0 bridgehead atoms. The fraction of sp³-hybridized carbons (Fsp3) is 0.900. The number of nitrogens with one attached hydrogen (secondary N) is 1. The third-order valence-electron chi connectivity index (χ3n) is 2.73. The Bertz CT molecular complexity index is 235. The normalized spacial score (nSPS) is 30.9. The molecule has 2 saturated heterocycles. The van der Waals surface area contributed by atoms with Crippen molar-refractivity contribution >= 4 is 6.09 Å². The maximum atomic E-state index is 11.7. The van der Waals surface area contributed by atoms with Crippen molar-refractivity contribution in [1.29, 1.82) is 0 Å². The largest absolute Gasteiger partial charge is 0.444 e.